The number of halogens is 4. The van der Waals surface area contributed by atoms with Crippen molar-refractivity contribution in [1.29, 1.82) is 0 Å². The molecule has 0 saturated carbocycles. The number of nitrogens with two attached hydrogens (primary N) is 1. The van der Waals surface area contributed by atoms with E-state index in [1.807, 2.05) is 0 Å². The van der Waals surface area contributed by atoms with Crippen molar-refractivity contribution in [2.24, 2.45) is 5.73 Å². The van der Waals surface area contributed by atoms with Gasteiger partial charge < -0.3 is 30.6 Å². The number of nitrogens with one attached hydrogen (secondary N) is 2. The number of alkyl halides is 3. The van der Waals surface area contributed by atoms with Gasteiger partial charge in [0.15, 0.2) is 11.6 Å². The van der Waals surface area contributed by atoms with Crippen LogP contribution in [0.4, 0.5) is 23.2 Å². The maximum atomic E-state index is 14.9. The Morgan fingerprint density at radius 3 is 2.40 bits per heavy atom. The zero-order chi connectivity index (χ0) is 36.2. The second-order valence-corrected chi connectivity index (χ2v) is 12.1. The first kappa shape index (κ1) is 34.0. The molecule has 0 spiro atoms. The SMILES string of the molecule is Cc1cnc2c(NC(=O)c3coc(C)n3)cc(C(=O)NC[C@](O)(c3cc4c(c(-c5ccc(F)cc5)n3)OC[C@]4(C)C(N)=O)C(F)(F)F)cc2c1. The molecule has 3 amide bonds. The highest BCUT2D eigenvalue weighted by molar-refractivity contribution is 6.09. The van der Waals surface area contributed by atoms with E-state index < -0.39 is 53.0 Å². The smallest absolute Gasteiger partial charge is 0.424 e. The molecule has 0 fully saturated rings. The molecule has 12 nitrogen and oxygen atoms in total. The lowest BCUT2D eigenvalue weighted by Crippen LogP contribution is -2.51. The van der Waals surface area contributed by atoms with Gasteiger partial charge in [-0.05, 0) is 67.9 Å². The number of pyridine rings is 2. The number of benzene rings is 2. The summed E-state index contributed by atoms with van der Waals surface area (Å²) in [5.41, 5.74) is -0.159. The Labute approximate surface area is 280 Å². The van der Waals surface area contributed by atoms with Gasteiger partial charge in [0.25, 0.3) is 11.8 Å². The summed E-state index contributed by atoms with van der Waals surface area (Å²) in [5, 5.41) is 16.5. The summed E-state index contributed by atoms with van der Waals surface area (Å²) >= 11 is 0. The van der Waals surface area contributed by atoms with Crippen LogP contribution in [0.15, 0.2) is 65.4 Å². The zero-order valence-electron chi connectivity index (χ0n) is 26.6. The van der Waals surface area contributed by atoms with E-state index in [0.29, 0.717) is 10.9 Å². The van der Waals surface area contributed by atoms with Crippen LogP contribution >= 0.6 is 0 Å². The van der Waals surface area contributed by atoms with Crippen molar-refractivity contribution in [3.05, 3.63) is 101 Å². The van der Waals surface area contributed by atoms with Crippen LogP contribution in [0.25, 0.3) is 22.2 Å². The largest absolute Gasteiger partial charge is 0.489 e. The number of rotatable bonds is 8. The van der Waals surface area contributed by atoms with Crippen LogP contribution in [0.1, 0.15) is 50.5 Å². The number of primary amides is 1. The van der Waals surface area contributed by atoms with Crippen molar-refractivity contribution in [3.63, 3.8) is 0 Å². The van der Waals surface area contributed by atoms with Crippen LogP contribution in [-0.2, 0) is 15.8 Å². The number of carbonyl (C=O) groups excluding carboxylic acids is 3. The minimum absolute atomic E-state index is 0.0550. The number of aryl methyl sites for hydroxylation is 2. The molecule has 16 heteroatoms. The number of anilines is 1. The number of nitrogens with zero attached hydrogens (tertiary/aromatic N) is 3. The quantitative estimate of drug-likeness (QED) is 0.169. The molecule has 0 bridgehead atoms. The van der Waals surface area contributed by atoms with E-state index in [4.69, 9.17) is 14.9 Å². The Hall–Kier alpha value is -5.90. The average Bonchev–Trinajstić information content (AvgIpc) is 3.66. The van der Waals surface area contributed by atoms with E-state index in [0.717, 1.165) is 24.5 Å². The number of oxazole rings is 1. The van der Waals surface area contributed by atoms with Gasteiger partial charge in [-0.3, -0.25) is 19.4 Å². The monoisotopic (exact) mass is 692 g/mol. The van der Waals surface area contributed by atoms with Crippen LogP contribution in [0.2, 0.25) is 0 Å². The van der Waals surface area contributed by atoms with Crippen LogP contribution in [-0.4, -0.2) is 57.1 Å². The van der Waals surface area contributed by atoms with Gasteiger partial charge in [-0.15, -0.1) is 0 Å². The topological polar surface area (TPSA) is 183 Å². The fourth-order valence-corrected chi connectivity index (χ4v) is 5.49. The van der Waals surface area contributed by atoms with Gasteiger partial charge in [-0.2, -0.15) is 13.2 Å². The molecule has 5 N–H and O–H groups in total. The minimum atomic E-state index is -5.43. The average molecular weight is 693 g/mol. The van der Waals surface area contributed by atoms with Gasteiger partial charge in [-0.25, -0.2) is 14.4 Å². The minimum Gasteiger partial charge on any atom is -0.489 e. The molecule has 3 aromatic heterocycles. The fourth-order valence-electron chi connectivity index (χ4n) is 5.49. The molecule has 2 aromatic carbocycles. The van der Waals surface area contributed by atoms with Crippen LogP contribution in [0.3, 0.4) is 0 Å². The third kappa shape index (κ3) is 5.97. The molecule has 4 heterocycles. The van der Waals surface area contributed by atoms with Crippen LogP contribution in [0.5, 0.6) is 5.75 Å². The summed E-state index contributed by atoms with van der Waals surface area (Å²) in [6.07, 6.45) is -2.77. The van der Waals surface area contributed by atoms with E-state index in [1.54, 1.807) is 13.0 Å². The normalized spacial score (nSPS) is 16.7. The number of aromatic nitrogens is 3. The van der Waals surface area contributed by atoms with Crippen molar-refractivity contribution < 1.29 is 46.2 Å². The van der Waals surface area contributed by atoms with E-state index in [1.165, 1.54) is 44.3 Å². The summed E-state index contributed by atoms with van der Waals surface area (Å²) in [7, 11) is 0. The molecule has 50 heavy (non-hydrogen) atoms. The summed E-state index contributed by atoms with van der Waals surface area (Å²) in [6.45, 7) is 2.88. The van der Waals surface area contributed by atoms with Gasteiger partial charge in [0.05, 0.1) is 23.4 Å². The van der Waals surface area contributed by atoms with Crippen LogP contribution < -0.4 is 21.1 Å². The summed E-state index contributed by atoms with van der Waals surface area (Å²) in [5.74, 6) is -3.12. The lowest BCUT2D eigenvalue weighted by molar-refractivity contribution is -0.265. The molecule has 0 aliphatic carbocycles. The Morgan fingerprint density at radius 2 is 1.76 bits per heavy atom. The third-order valence-electron chi connectivity index (χ3n) is 8.41. The molecule has 0 radical (unpaired) electrons. The van der Waals surface area contributed by atoms with Crippen molar-refractivity contribution >= 4 is 34.3 Å². The predicted molar refractivity (Wildman–Crippen MR) is 170 cm³/mol. The lowest BCUT2D eigenvalue weighted by Gasteiger charge is -2.31. The van der Waals surface area contributed by atoms with Crippen molar-refractivity contribution in [1.82, 2.24) is 20.3 Å². The molecule has 0 unspecified atom stereocenters. The highest BCUT2D eigenvalue weighted by Crippen LogP contribution is 2.47. The van der Waals surface area contributed by atoms with Gasteiger partial charge in [-0.1, -0.05) is 0 Å². The van der Waals surface area contributed by atoms with E-state index in [-0.39, 0.29) is 57.5 Å². The number of amides is 3. The summed E-state index contributed by atoms with van der Waals surface area (Å²) in [4.78, 5) is 51.3. The van der Waals surface area contributed by atoms with E-state index in [2.05, 4.69) is 25.6 Å². The predicted octanol–water partition coefficient (Wildman–Crippen LogP) is 4.61. The number of carbonyl (C=O) groups is 3. The summed E-state index contributed by atoms with van der Waals surface area (Å²) < 4.78 is 69.1. The maximum Gasteiger partial charge on any atom is 0.424 e. The molecule has 1 aliphatic heterocycles. The van der Waals surface area contributed by atoms with Gasteiger partial charge in [0.1, 0.15) is 35.5 Å². The Bertz CT molecular complexity index is 2190. The Morgan fingerprint density at radius 1 is 1.04 bits per heavy atom. The first-order chi connectivity index (χ1) is 23.5. The fraction of sp³-hybridized carbons (Fsp3) is 0.235. The Kier molecular flexibility index (Phi) is 8.30. The molecule has 5 aromatic rings. The third-order valence-corrected chi connectivity index (χ3v) is 8.41. The maximum absolute atomic E-state index is 14.9. The van der Waals surface area contributed by atoms with Crippen LogP contribution in [0, 0.1) is 19.7 Å². The first-order valence-corrected chi connectivity index (χ1v) is 15.0. The molecule has 0 saturated heterocycles. The second-order valence-electron chi connectivity index (χ2n) is 12.1. The molecule has 1 aliphatic rings. The number of aliphatic hydroxyl groups is 1. The van der Waals surface area contributed by atoms with Gasteiger partial charge in [0.2, 0.25) is 11.5 Å². The highest BCUT2D eigenvalue weighted by atomic mass is 19.4. The molecular formula is C34H28F4N6O6. The van der Waals surface area contributed by atoms with Gasteiger partial charge >= 0.3 is 6.18 Å². The highest BCUT2D eigenvalue weighted by Gasteiger charge is 2.57. The van der Waals surface area contributed by atoms with Crippen molar-refractivity contribution in [3.8, 4) is 17.0 Å². The number of hydrogen-bond acceptors (Lipinski definition) is 9. The second kappa shape index (κ2) is 12.2. The zero-order valence-corrected chi connectivity index (χ0v) is 26.6. The summed E-state index contributed by atoms with van der Waals surface area (Å²) in [6, 6.07) is 9.70. The van der Waals surface area contributed by atoms with E-state index >= 15 is 0 Å². The molecule has 258 valence electrons. The van der Waals surface area contributed by atoms with Gasteiger partial charge in [0, 0.05) is 35.2 Å². The van der Waals surface area contributed by atoms with Crippen molar-refractivity contribution in [2.45, 2.75) is 38.0 Å². The number of ether oxygens (including phenoxy) is 1. The standard InChI is InChI=1S/C34H28F4N6O6/c1-16-8-19-9-20(10-23(26(19)40-12-16)43-30(46)24-13-49-17(2)42-24)29(45)41-14-33(48,34(36,37)38)25-11-22-28(50-15-32(22,3)31(39)47)27(44-25)18-4-6-21(35)7-5-18/h4-13,48H,14-15H2,1-3H3,(H2,39,47)(H,41,45)(H,43,46)/t32-,33-/m0/s1. The van der Waals surface area contributed by atoms with Crippen molar-refractivity contribution in [2.75, 3.05) is 18.5 Å². The molecular weight excluding hydrogens is 664 g/mol. The lowest BCUT2D eigenvalue weighted by atomic mass is 9.81. The first-order valence-electron chi connectivity index (χ1n) is 15.0. The van der Waals surface area contributed by atoms with E-state index in [9.17, 15) is 37.1 Å². The molecule has 2 atom stereocenters. The molecule has 6 rings (SSSR count). The Balaban J connectivity index is 1.39. The number of hydrogen-bond donors (Lipinski definition) is 4. The number of fused-ring (bicyclic) bond motifs is 2.